The molecule has 1 saturated heterocycles. The summed E-state index contributed by atoms with van der Waals surface area (Å²) in [5, 5.41) is 5.48. The number of carbonyl (C=O) groups is 1. The first kappa shape index (κ1) is 18.9. The molecule has 1 amide bonds. The number of hydrogen-bond acceptors (Lipinski definition) is 4. The van der Waals surface area contributed by atoms with E-state index < -0.39 is 26.3 Å². The molecule has 0 unspecified atom stereocenters. The molecule has 1 aliphatic heterocycles. The van der Waals surface area contributed by atoms with E-state index in [1.807, 2.05) is 0 Å². The maximum Gasteiger partial charge on any atom is 0.246 e. The van der Waals surface area contributed by atoms with Gasteiger partial charge in [0.25, 0.3) is 0 Å². The summed E-state index contributed by atoms with van der Waals surface area (Å²) < 4.78 is 36.5. The van der Waals surface area contributed by atoms with Crippen molar-refractivity contribution in [1.29, 1.82) is 0 Å². The van der Waals surface area contributed by atoms with E-state index in [-0.39, 0.29) is 30.9 Å². The molecular formula is C14H20ClFN2O3S. The fraction of sp³-hybridized carbons (Fsp3) is 0.500. The monoisotopic (exact) mass is 350 g/mol. The van der Waals surface area contributed by atoms with Crippen molar-refractivity contribution < 1.29 is 17.6 Å². The summed E-state index contributed by atoms with van der Waals surface area (Å²) in [5.74, 6) is -1.23. The number of aryl methyl sites for hydroxylation is 1. The minimum Gasteiger partial charge on any atom is -0.322 e. The quantitative estimate of drug-likeness (QED) is 0.869. The Labute approximate surface area is 136 Å². The molecule has 0 bridgehead atoms. The van der Waals surface area contributed by atoms with Gasteiger partial charge in [0.2, 0.25) is 5.91 Å². The van der Waals surface area contributed by atoms with Crippen molar-refractivity contribution in [2.75, 3.05) is 24.7 Å². The molecule has 1 aliphatic rings. The highest BCUT2D eigenvalue weighted by atomic mass is 35.5. The van der Waals surface area contributed by atoms with E-state index in [9.17, 15) is 17.6 Å². The lowest BCUT2D eigenvalue weighted by molar-refractivity contribution is -0.119. The number of nitrogens with one attached hydrogen (secondary N) is 2. The van der Waals surface area contributed by atoms with Crippen LogP contribution in [0.3, 0.4) is 0 Å². The lowest BCUT2D eigenvalue weighted by atomic mass is 9.95. The van der Waals surface area contributed by atoms with Crippen LogP contribution < -0.4 is 10.6 Å². The van der Waals surface area contributed by atoms with Crippen LogP contribution in [0.4, 0.5) is 10.1 Å². The molecule has 124 valence electrons. The molecule has 1 aromatic rings. The molecule has 1 heterocycles. The highest BCUT2D eigenvalue weighted by molar-refractivity contribution is 7.92. The lowest BCUT2D eigenvalue weighted by Gasteiger charge is -2.34. The van der Waals surface area contributed by atoms with E-state index in [1.165, 1.54) is 12.1 Å². The number of halogens is 2. The molecule has 0 atom stereocenters. The first-order valence-electron chi connectivity index (χ1n) is 6.74. The summed E-state index contributed by atoms with van der Waals surface area (Å²) in [7, 11) is -3.60. The van der Waals surface area contributed by atoms with Gasteiger partial charge in [-0.3, -0.25) is 4.79 Å². The molecule has 2 rings (SSSR count). The third kappa shape index (κ3) is 3.59. The van der Waals surface area contributed by atoms with Crippen LogP contribution in [0.25, 0.3) is 0 Å². The van der Waals surface area contributed by atoms with Gasteiger partial charge in [0.1, 0.15) is 5.82 Å². The Balaban J connectivity index is 0.00000242. The average molecular weight is 351 g/mol. The fourth-order valence-electron chi connectivity index (χ4n) is 2.57. The van der Waals surface area contributed by atoms with Gasteiger partial charge >= 0.3 is 0 Å². The van der Waals surface area contributed by atoms with Gasteiger partial charge in [-0.2, -0.15) is 0 Å². The Morgan fingerprint density at radius 2 is 1.91 bits per heavy atom. The zero-order valence-corrected chi connectivity index (χ0v) is 14.1. The molecule has 0 aliphatic carbocycles. The number of anilines is 1. The summed E-state index contributed by atoms with van der Waals surface area (Å²) in [6.45, 7) is 2.65. The van der Waals surface area contributed by atoms with Crippen LogP contribution in [0, 0.1) is 12.7 Å². The van der Waals surface area contributed by atoms with Crippen molar-refractivity contribution in [2.45, 2.75) is 24.5 Å². The SMILES string of the molecule is Cc1ccc(F)c(NC(=O)C2(S(C)(=O)=O)CCNCC2)c1.Cl. The third-order valence-electron chi connectivity index (χ3n) is 3.90. The van der Waals surface area contributed by atoms with Crippen molar-refractivity contribution in [3.05, 3.63) is 29.6 Å². The third-order valence-corrected chi connectivity index (χ3v) is 5.92. The Morgan fingerprint density at radius 1 is 1.32 bits per heavy atom. The van der Waals surface area contributed by atoms with Gasteiger partial charge < -0.3 is 10.6 Å². The Bertz CT molecular complexity index is 658. The highest BCUT2D eigenvalue weighted by Crippen LogP contribution is 2.30. The van der Waals surface area contributed by atoms with Crippen molar-refractivity contribution in [3.63, 3.8) is 0 Å². The topological polar surface area (TPSA) is 75.3 Å². The predicted molar refractivity (Wildman–Crippen MR) is 86.7 cm³/mol. The number of hydrogen-bond donors (Lipinski definition) is 2. The Morgan fingerprint density at radius 3 is 2.45 bits per heavy atom. The summed E-state index contributed by atoms with van der Waals surface area (Å²) in [4.78, 5) is 12.5. The molecule has 5 nitrogen and oxygen atoms in total. The normalized spacial score (nSPS) is 17.4. The van der Waals surface area contributed by atoms with Gasteiger partial charge in [0.15, 0.2) is 14.6 Å². The van der Waals surface area contributed by atoms with Crippen LogP contribution in [0.15, 0.2) is 18.2 Å². The van der Waals surface area contributed by atoms with E-state index in [2.05, 4.69) is 10.6 Å². The van der Waals surface area contributed by atoms with Gasteiger partial charge in [-0.1, -0.05) is 6.07 Å². The van der Waals surface area contributed by atoms with E-state index >= 15 is 0 Å². The largest absolute Gasteiger partial charge is 0.322 e. The number of carbonyl (C=O) groups excluding carboxylic acids is 1. The van der Waals surface area contributed by atoms with Crippen LogP contribution in [0.1, 0.15) is 18.4 Å². The Hall–Kier alpha value is -1.18. The number of piperidine rings is 1. The van der Waals surface area contributed by atoms with Gasteiger partial charge in [0.05, 0.1) is 5.69 Å². The first-order chi connectivity index (χ1) is 9.76. The smallest absolute Gasteiger partial charge is 0.246 e. The van der Waals surface area contributed by atoms with E-state index in [0.29, 0.717) is 13.1 Å². The Kier molecular flexibility index (Phi) is 5.95. The van der Waals surface area contributed by atoms with Crippen LogP contribution >= 0.6 is 12.4 Å². The zero-order valence-electron chi connectivity index (χ0n) is 12.5. The maximum absolute atomic E-state index is 13.7. The van der Waals surface area contributed by atoms with E-state index in [1.54, 1.807) is 13.0 Å². The number of sulfone groups is 1. The van der Waals surface area contributed by atoms with Gasteiger partial charge in [0, 0.05) is 6.26 Å². The van der Waals surface area contributed by atoms with Crippen LogP contribution in [0.2, 0.25) is 0 Å². The van der Waals surface area contributed by atoms with Gasteiger partial charge in [-0.15, -0.1) is 12.4 Å². The molecular weight excluding hydrogens is 331 g/mol. The molecule has 1 fully saturated rings. The summed E-state index contributed by atoms with van der Waals surface area (Å²) in [5.41, 5.74) is 0.798. The summed E-state index contributed by atoms with van der Waals surface area (Å²) in [6, 6.07) is 4.33. The van der Waals surface area contributed by atoms with Crippen LogP contribution in [-0.4, -0.2) is 38.4 Å². The number of rotatable bonds is 3. The van der Waals surface area contributed by atoms with E-state index in [0.717, 1.165) is 11.8 Å². The predicted octanol–water partition coefficient (Wildman–Crippen LogP) is 1.66. The molecule has 1 aromatic carbocycles. The van der Waals surface area contributed by atoms with Crippen LogP contribution in [0.5, 0.6) is 0 Å². The first-order valence-corrected chi connectivity index (χ1v) is 8.63. The molecule has 0 radical (unpaired) electrons. The molecule has 8 heteroatoms. The summed E-state index contributed by atoms with van der Waals surface area (Å²) in [6.07, 6.45) is 1.43. The van der Waals surface area contributed by atoms with Gasteiger partial charge in [-0.25, -0.2) is 12.8 Å². The second kappa shape index (κ2) is 6.93. The highest BCUT2D eigenvalue weighted by Gasteiger charge is 2.48. The average Bonchev–Trinajstić information content (AvgIpc) is 2.42. The second-order valence-corrected chi connectivity index (χ2v) is 7.78. The minimum absolute atomic E-state index is 0. The molecule has 0 aromatic heterocycles. The summed E-state index contributed by atoms with van der Waals surface area (Å²) >= 11 is 0. The molecule has 0 saturated carbocycles. The van der Waals surface area contributed by atoms with Gasteiger partial charge in [-0.05, 0) is 50.6 Å². The van der Waals surface area contributed by atoms with E-state index in [4.69, 9.17) is 0 Å². The molecule has 0 spiro atoms. The van der Waals surface area contributed by atoms with Crippen molar-refractivity contribution in [3.8, 4) is 0 Å². The lowest BCUT2D eigenvalue weighted by Crippen LogP contribution is -2.55. The maximum atomic E-state index is 13.7. The van der Waals surface area contributed by atoms with Crippen LogP contribution in [-0.2, 0) is 14.6 Å². The number of benzene rings is 1. The molecule has 22 heavy (non-hydrogen) atoms. The molecule has 2 N–H and O–H groups in total. The standard InChI is InChI=1S/C14H19FN2O3S.ClH/c1-10-3-4-11(15)12(9-10)17-13(18)14(21(2,19)20)5-7-16-8-6-14;/h3-4,9,16H,5-8H2,1-2H3,(H,17,18);1H. The zero-order chi connectivity index (χ0) is 15.7. The van der Waals surface area contributed by atoms with Crippen molar-refractivity contribution in [1.82, 2.24) is 5.32 Å². The van der Waals surface area contributed by atoms with Crippen molar-refractivity contribution in [2.24, 2.45) is 0 Å². The number of amides is 1. The van der Waals surface area contributed by atoms with Crippen molar-refractivity contribution >= 4 is 33.8 Å². The fourth-order valence-corrected chi connectivity index (χ4v) is 3.90. The minimum atomic E-state index is -3.60. The second-order valence-electron chi connectivity index (χ2n) is 5.45.